The van der Waals surface area contributed by atoms with Crippen LogP contribution in [0.3, 0.4) is 0 Å². The molecule has 0 amide bonds. The van der Waals surface area contributed by atoms with E-state index in [2.05, 4.69) is 10.2 Å². The molecular formula is C14H16F3N3O2S. The third-order valence-electron chi connectivity index (χ3n) is 4.38. The van der Waals surface area contributed by atoms with E-state index in [4.69, 9.17) is 0 Å². The average molecular weight is 347 g/mol. The fourth-order valence-electron chi connectivity index (χ4n) is 3.12. The Morgan fingerprint density at radius 1 is 1.17 bits per heavy atom. The van der Waals surface area contributed by atoms with Crippen LogP contribution in [-0.2, 0) is 16.2 Å². The van der Waals surface area contributed by atoms with Crippen molar-refractivity contribution in [2.75, 3.05) is 19.3 Å². The summed E-state index contributed by atoms with van der Waals surface area (Å²) in [5.41, 5.74) is -0.0845. The van der Waals surface area contributed by atoms with Crippen molar-refractivity contribution in [1.29, 1.82) is 0 Å². The first-order valence-electron chi connectivity index (χ1n) is 7.18. The van der Waals surface area contributed by atoms with Crippen LogP contribution in [-0.4, -0.2) is 38.1 Å². The third-order valence-corrected chi connectivity index (χ3v) is 5.65. The highest BCUT2D eigenvalue weighted by Gasteiger charge is 2.42. The predicted octanol–water partition coefficient (Wildman–Crippen LogP) is 2.86. The van der Waals surface area contributed by atoms with Crippen LogP contribution in [0, 0.1) is 5.92 Å². The summed E-state index contributed by atoms with van der Waals surface area (Å²) in [7, 11) is -3.29. The molecule has 0 N–H and O–H groups in total. The molecule has 1 aromatic rings. The van der Waals surface area contributed by atoms with Crippen LogP contribution in [0.1, 0.15) is 23.6 Å². The number of hydrogen-bond acceptors (Lipinski definition) is 4. The van der Waals surface area contributed by atoms with Crippen LogP contribution in [0.5, 0.6) is 0 Å². The number of sulfonamides is 1. The van der Waals surface area contributed by atoms with Gasteiger partial charge in [0, 0.05) is 19.0 Å². The Balaban J connectivity index is 1.82. The lowest BCUT2D eigenvalue weighted by Crippen LogP contribution is -2.45. The van der Waals surface area contributed by atoms with Crippen LogP contribution < -0.4 is 0 Å². The summed E-state index contributed by atoms with van der Waals surface area (Å²) in [4.78, 5) is 0. The standard InChI is InChI=1S/C14H16F3N3O2S/c1-23(21,22)20-7-6-12-11(8-20)13(19-18-12)9-2-4-10(5-3-9)14(15,16)17/h2-5,11-13H,6-8H2,1H3/t11-,12?,13+/m1/s1. The van der Waals surface area contributed by atoms with Gasteiger partial charge in [0.2, 0.25) is 10.0 Å². The van der Waals surface area contributed by atoms with E-state index >= 15 is 0 Å². The summed E-state index contributed by atoms with van der Waals surface area (Å²) in [6.45, 7) is 0.695. The SMILES string of the molecule is CS(=O)(=O)N1CCC2N=N[C@@H](c3ccc(C(F)(F)F)cc3)[C@@H]2C1. The molecule has 3 rings (SSSR count). The molecule has 0 radical (unpaired) electrons. The molecule has 0 bridgehead atoms. The molecule has 0 aromatic heterocycles. The Morgan fingerprint density at radius 2 is 1.83 bits per heavy atom. The molecule has 9 heteroatoms. The summed E-state index contributed by atoms with van der Waals surface area (Å²) in [6.07, 6.45) is -2.64. The van der Waals surface area contributed by atoms with Crippen LogP contribution in [0.15, 0.2) is 34.5 Å². The molecule has 1 aromatic carbocycles. The van der Waals surface area contributed by atoms with Crippen molar-refractivity contribution in [3.05, 3.63) is 35.4 Å². The number of fused-ring (bicyclic) bond motifs is 1. The van der Waals surface area contributed by atoms with Gasteiger partial charge < -0.3 is 0 Å². The van der Waals surface area contributed by atoms with Gasteiger partial charge in [0.15, 0.2) is 0 Å². The molecule has 126 valence electrons. The van der Waals surface area contributed by atoms with Gasteiger partial charge in [-0.25, -0.2) is 12.7 Å². The van der Waals surface area contributed by atoms with Crippen molar-refractivity contribution in [2.24, 2.45) is 16.1 Å². The largest absolute Gasteiger partial charge is 0.416 e. The van der Waals surface area contributed by atoms with Crippen molar-refractivity contribution >= 4 is 10.0 Å². The predicted molar refractivity (Wildman–Crippen MR) is 77.4 cm³/mol. The number of nitrogens with zero attached hydrogens (tertiary/aromatic N) is 3. The zero-order valence-electron chi connectivity index (χ0n) is 12.4. The lowest BCUT2D eigenvalue weighted by Gasteiger charge is -2.33. The Hall–Kier alpha value is -1.48. The Labute approximate surface area is 132 Å². The molecule has 0 aliphatic carbocycles. The number of rotatable bonds is 2. The van der Waals surface area contributed by atoms with Gasteiger partial charge in [-0.05, 0) is 24.1 Å². The van der Waals surface area contributed by atoms with E-state index in [-0.39, 0.29) is 12.0 Å². The highest BCUT2D eigenvalue weighted by Crippen LogP contribution is 2.41. The van der Waals surface area contributed by atoms with E-state index in [0.29, 0.717) is 25.1 Å². The fourth-order valence-corrected chi connectivity index (χ4v) is 4.00. The molecule has 1 unspecified atom stereocenters. The topological polar surface area (TPSA) is 62.1 Å². The van der Waals surface area contributed by atoms with Gasteiger partial charge in [-0.2, -0.15) is 23.4 Å². The molecule has 3 atom stereocenters. The van der Waals surface area contributed by atoms with Crippen molar-refractivity contribution in [3.8, 4) is 0 Å². The molecule has 2 heterocycles. The van der Waals surface area contributed by atoms with Gasteiger partial charge in [-0.1, -0.05) is 12.1 Å². The molecule has 2 aliphatic heterocycles. The number of azo groups is 1. The normalized spacial score (nSPS) is 28.8. The lowest BCUT2D eigenvalue weighted by atomic mass is 9.85. The maximum Gasteiger partial charge on any atom is 0.416 e. The van der Waals surface area contributed by atoms with E-state index in [9.17, 15) is 21.6 Å². The van der Waals surface area contributed by atoms with Crippen molar-refractivity contribution in [2.45, 2.75) is 24.7 Å². The van der Waals surface area contributed by atoms with Crippen LogP contribution >= 0.6 is 0 Å². The number of alkyl halides is 3. The molecular weight excluding hydrogens is 331 g/mol. The van der Waals surface area contributed by atoms with Gasteiger partial charge in [0.05, 0.1) is 17.9 Å². The van der Waals surface area contributed by atoms with Gasteiger partial charge >= 0.3 is 6.18 Å². The minimum absolute atomic E-state index is 0.0692. The van der Waals surface area contributed by atoms with Crippen LogP contribution in [0.2, 0.25) is 0 Å². The first-order chi connectivity index (χ1) is 10.7. The molecule has 1 fully saturated rings. The van der Waals surface area contributed by atoms with Crippen molar-refractivity contribution in [1.82, 2.24) is 4.31 Å². The smallest absolute Gasteiger partial charge is 0.213 e. The van der Waals surface area contributed by atoms with Gasteiger partial charge in [-0.3, -0.25) is 0 Å². The highest BCUT2D eigenvalue weighted by molar-refractivity contribution is 7.88. The minimum atomic E-state index is -4.38. The number of halogens is 3. The number of piperidine rings is 1. The summed E-state index contributed by atoms with van der Waals surface area (Å²) in [5.74, 6) is -0.129. The number of benzene rings is 1. The number of hydrogen-bond donors (Lipinski definition) is 0. The second-order valence-electron chi connectivity index (χ2n) is 5.94. The van der Waals surface area contributed by atoms with E-state index < -0.39 is 27.8 Å². The lowest BCUT2D eigenvalue weighted by molar-refractivity contribution is -0.137. The van der Waals surface area contributed by atoms with E-state index in [0.717, 1.165) is 18.4 Å². The molecule has 1 saturated heterocycles. The van der Waals surface area contributed by atoms with Crippen molar-refractivity contribution in [3.63, 3.8) is 0 Å². The summed E-state index contributed by atoms with van der Waals surface area (Å²) in [6, 6.07) is 4.37. The first kappa shape index (κ1) is 16.4. The highest BCUT2D eigenvalue weighted by atomic mass is 32.2. The van der Waals surface area contributed by atoms with Crippen LogP contribution in [0.4, 0.5) is 13.2 Å². The first-order valence-corrected chi connectivity index (χ1v) is 9.03. The second kappa shape index (κ2) is 5.55. The fraction of sp³-hybridized carbons (Fsp3) is 0.571. The van der Waals surface area contributed by atoms with E-state index in [1.54, 1.807) is 0 Å². The van der Waals surface area contributed by atoms with Gasteiger partial charge in [-0.15, -0.1) is 0 Å². The second-order valence-corrected chi connectivity index (χ2v) is 7.92. The molecule has 23 heavy (non-hydrogen) atoms. The molecule has 0 saturated carbocycles. The van der Waals surface area contributed by atoms with Gasteiger partial charge in [0.1, 0.15) is 6.04 Å². The Bertz CT molecular complexity index is 716. The monoisotopic (exact) mass is 347 g/mol. The molecule has 5 nitrogen and oxygen atoms in total. The summed E-state index contributed by atoms with van der Waals surface area (Å²) < 4.78 is 62.7. The maximum atomic E-state index is 12.6. The average Bonchev–Trinajstić information content (AvgIpc) is 2.88. The molecule has 0 spiro atoms. The quantitative estimate of drug-likeness (QED) is 0.826. The summed E-state index contributed by atoms with van der Waals surface area (Å²) in [5, 5.41) is 8.37. The summed E-state index contributed by atoms with van der Waals surface area (Å²) >= 11 is 0. The Morgan fingerprint density at radius 3 is 2.39 bits per heavy atom. The third kappa shape index (κ3) is 3.25. The zero-order valence-corrected chi connectivity index (χ0v) is 13.2. The Kier molecular flexibility index (Phi) is 3.96. The van der Waals surface area contributed by atoms with E-state index in [1.807, 2.05) is 0 Å². The van der Waals surface area contributed by atoms with Crippen molar-refractivity contribution < 1.29 is 21.6 Å². The van der Waals surface area contributed by atoms with Crippen LogP contribution in [0.25, 0.3) is 0 Å². The van der Waals surface area contributed by atoms with E-state index in [1.165, 1.54) is 16.4 Å². The maximum absolute atomic E-state index is 12.6. The van der Waals surface area contributed by atoms with Gasteiger partial charge in [0.25, 0.3) is 0 Å². The minimum Gasteiger partial charge on any atom is -0.213 e. The zero-order chi connectivity index (χ0) is 16.8. The molecule has 2 aliphatic rings.